The van der Waals surface area contributed by atoms with Gasteiger partial charge in [0.25, 0.3) is 5.91 Å². The zero-order valence-corrected chi connectivity index (χ0v) is 14.1. The maximum atomic E-state index is 12.3. The van der Waals surface area contributed by atoms with E-state index in [0.29, 0.717) is 12.2 Å². The molecule has 5 heteroatoms. The molecule has 0 spiro atoms. The van der Waals surface area contributed by atoms with Crippen LogP contribution in [-0.4, -0.2) is 33.6 Å². The fourth-order valence-electron chi connectivity index (χ4n) is 5.91. The largest absolute Gasteiger partial charge is 0.391 e. The van der Waals surface area contributed by atoms with Gasteiger partial charge in [-0.2, -0.15) is 0 Å². The molecule has 1 unspecified atom stereocenters. The third kappa shape index (κ3) is 2.59. The van der Waals surface area contributed by atoms with Gasteiger partial charge in [0.05, 0.1) is 6.10 Å². The molecule has 0 radical (unpaired) electrons. The van der Waals surface area contributed by atoms with Gasteiger partial charge in [-0.05, 0) is 75.5 Å². The Bertz CT molecular complexity index is 586. The number of aliphatic hydroxyl groups is 1. The Morgan fingerprint density at radius 2 is 1.83 bits per heavy atom. The van der Waals surface area contributed by atoms with Crippen LogP contribution in [0.4, 0.5) is 0 Å². The Balaban J connectivity index is 1.41. The molecule has 23 heavy (non-hydrogen) atoms. The summed E-state index contributed by atoms with van der Waals surface area (Å²) in [6.45, 7) is 4.04. The molecule has 1 aromatic rings. The van der Waals surface area contributed by atoms with Crippen LogP contribution in [0.5, 0.6) is 0 Å². The monoisotopic (exact) mass is 317 g/mol. The number of aromatic amines is 1. The van der Waals surface area contributed by atoms with Gasteiger partial charge < -0.3 is 15.4 Å². The SMILES string of the molecule is Cc1nc(C(=O)NCC(O)C23CC4CC(CC(C4)C2)C3)c(C)[nH]1. The third-order valence-electron chi connectivity index (χ3n) is 6.47. The number of hydrogen-bond donors (Lipinski definition) is 3. The Kier molecular flexibility index (Phi) is 3.52. The molecular weight excluding hydrogens is 290 g/mol. The minimum absolute atomic E-state index is 0.0541. The van der Waals surface area contributed by atoms with E-state index in [0.717, 1.165) is 48.5 Å². The first-order valence-electron chi connectivity index (χ1n) is 8.94. The molecule has 4 aliphatic carbocycles. The van der Waals surface area contributed by atoms with E-state index in [9.17, 15) is 9.90 Å². The lowest BCUT2D eigenvalue weighted by Crippen LogP contribution is -2.54. The van der Waals surface area contributed by atoms with E-state index in [1.807, 2.05) is 13.8 Å². The molecule has 3 N–H and O–H groups in total. The molecule has 4 saturated carbocycles. The Hall–Kier alpha value is -1.36. The summed E-state index contributed by atoms with van der Waals surface area (Å²) in [5, 5.41) is 13.7. The quantitative estimate of drug-likeness (QED) is 0.797. The molecule has 5 rings (SSSR count). The van der Waals surface area contributed by atoms with E-state index < -0.39 is 6.10 Å². The van der Waals surface area contributed by atoms with Crippen LogP contribution in [0.2, 0.25) is 0 Å². The molecule has 1 amide bonds. The number of hydrogen-bond acceptors (Lipinski definition) is 3. The fraction of sp³-hybridized carbons (Fsp3) is 0.778. The number of aromatic nitrogens is 2. The minimum atomic E-state index is -0.430. The van der Waals surface area contributed by atoms with Crippen molar-refractivity contribution in [3.63, 3.8) is 0 Å². The second-order valence-corrected chi connectivity index (χ2v) is 8.30. The summed E-state index contributed by atoms with van der Waals surface area (Å²) < 4.78 is 0. The maximum Gasteiger partial charge on any atom is 0.271 e. The summed E-state index contributed by atoms with van der Waals surface area (Å²) in [5.74, 6) is 2.98. The molecule has 5 nitrogen and oxygen atoms in total. The van der Waals surface area contributed by atoms with Crippen molar-refractivity contribution in [2.75, 3.05) is 6.54 Å². The van der Waals surface area contributed by atoms with Crippen molar-refractivity contribution in [3.8, 4) is 0 Å². The van der Waals surface area contributed by atoms with Crippen LogP contribution in [-0.2, 0) is 0 Å². The van der Waals surface area contributed by atoms with E-state index in [1.165, 1.54) is 19.3 Å². The molecule has 0 aliphatic heterocycles. The lowest BCUT2D eigenvalue weighted by Gasteiger charge is -2.58. The number of rotatable bonds is 4. The number of aliphatic hydroxyl groups excluding tert-OH is 1. The molecule has 0 saturated heterocycles. The average molecular weight is 317 g/mol. The number of H-pyrrole nitrogens is 1. The predicted octanol–water partition coefficient (Wildman–Crippen LogP) is 2.33. The molecule has 126 valence electrons. The summed E-state index contributed by atoms with van der Waals surface area (Å²) >= 11 is 0. The van der Waals surface area contributed by atoms with Gasteiger partial charge in [0.15, 0.2) is 0 Å². The van der Waals surface area contributed by atoms with Crippen molar-refractivity contribution in [2.24, 2.45) is 23.2 Å². The molecule has 1 heterocycles. The predicted molar refractivity (Wildman–Crippen MR) is 87.0 cm³/mol. The number of imidazole rings is 1. The number of aryl methyl sites for hydroxylation is 2. The van der Waals surface area contributed by atoms with Crippen LogP contribution in [0.25, 0.3) is 0 Å². The Morgan fingerprint density at radius 1 is 1.26 bits per heavy atom. The van der Waals surface area contributed by atoms with E-state index in [4.69, 9.17) is 0 Å². The Labute approximate surface area is 137 Å². The summed E-state index contributed by atoms with van der Waals surface area (Å²) in [6, 6.07) is 0. The first-order chi connectivity index (χ1) is 10.9. The van der Waals surface area contributed by atoms with Crippen LogP contribution < -0.4 is 5.32 Å². The molecule has 4 aliphatic rings. The topological polar surface area (TPSA) is 78.0 Å². The maximum absolute atomic E-state index is 12.3. The summed E-state index contributed by atoms with van der Waals surface area (Å²) in [7, 11) is 0. The first-order valence-corrected chi connectivity index (χ1v) is 8.94. The van der Waals surface area contributed by atoms with E-state index in [1.54, 1.807) is 0 Å². The second-order valence-electron chi connectivity index (χ2n) is 8.30. The lowest BCUT2D eigenvalue weighted by atomic mass is 9.48. The third-order valence-corrected chi connectivity index (χ3v) is 6.47. The van der Waals surface area contributed by atoms with Crippen molar-refractivity contribution in [1.29, 1.82) is 0 Å². The first kappa shape index (κ1) is 15.2. The van der Waals surface area contributed by atoms with Crippen LogP contribution in [0.1, 0.15) is 60.5 Å². The zero-order valence-electron chi connectivity index (χ0n) is 14.1. The van der Waals surface area contributed by atoms with Gasteiger partial charge in [0.1, 0.15) is 11.5 Å². The summed E-state index contributed by atoms with van der Waals surface area (Å²) in [4.78, 5) is 19.6. The molecule has 1 aromatic heterocycles. The number of amides is 1. The standard InChI is InChI=1S/C18H27N3O2/c1-10-16(21-11(2)20-10)17(23)19-9-15(22)18-6-12-3-13(7-18)5-14(4-12)8-18/h12-15,22H,3-9H2,1-2H3,(H,19,23)(H,20,21). The van der Waals surface area contributed by atoms with Crippen molar-refractivity contribution in [3.05, 3.63) is 17.2 Å². The van der Waals surface area contributed by atoms with E-state index in [2.05, 4.69) is 15.3 Å². The Morgan fingerprint density at radius 3 is 2.30 bits per heavy atom. The van der Waals surface area contributed by atoms with Crippen LogP contribution in [0.3, 0.4) is 0 Å². The van der Waals surface area contributed by atoms with Gasteiger partial charge in [-0.25, -0.2) is 4.98 Å². The minimum Gasteiger partial charge on any atom is -0.391 e. The van der Waals surface area contributed by atoms with Crippen molar-refractivity contribution >= 4 is 5.91 Å². The fourth-order valence-corrected chi connectivity index (χ4v) is 5.91. The van der Waals surface area contributed by atoms with Gasteiger partial charge >= 0.3 is 0 Å². The van der Waals surface area contributed by atoms with Crippen molar-refractivity contribution in [1.82, 2.24) is 15.3 Å². The van der Waals surface area contributed by atoms with Crippen LogP contribution in [0.15, 0.2) is 0 Å². The van der Waals surface area contributed by atoms with E-state index >= 15 is 0 Å². The van der Waals surface area contributed by atoms with E-state index in [-0.39, 0.29) is 11.3 Å². The van der Waals surface area contributed by atoms with Crippen molar-refractivity contribution < 1.29 is 9.90 Å². The number of nitrogens with one attached hydrogen (secondary N) is 2. The van der Waals surface area contributed by atoms with Crippen LogP contribution >= 0.6 is 0 Å². The number of carbonyl (C=O) groups excluding carboxylic acids is 1. The molecule has 4 fully saturated rings. The molecule has 0 aromatic carbocycles. The average Bonchev–Trinajstić information content (AvgIpc) is 2.81. The second kappa shape index (κ2) is 5.33. The summed E-state index contributed by atoms with van der Waals surface area (Å²) in [6.07, 6.45) is 7.11. The highest BCUT2D eigenvalue weighted by Gasteiger charge is 2.53. The number of carbonyl (C=O) groups is 1. The smallest absolute Gasteiger partial charge is 0.271 e. The normalized spacial score (nSPS) is 36.2. The zero-order chi connectivity index (χ0) is 16.2. The van der Waals surface area contributed by atoms with Gasteiger partial charge in [0.2, 0.25) is 0 Å². The van der Waals surface area contributed by atoms with Gasteiger partial charge in [0, 0.05) is 12.2 Å². The van der Waals surface area contributed by atoms with Gasteiger partial charge in [-0.15, -0.1) is 0 Å². The number of nitrogens with zero attached hydrogens (tertiary/aromatic N) is 1. The molecular formula is C18H27N3O2. The highest BCUT2D eigenvalue weighted by atomic mass is 16.3. The van der Waals surface area contributed by atoms with Crippen LogP contribution in [0, 0.1) is 37.0 Å². The molecule has 4 bridgehead atoms. The molecule has 1 atom stereocenters. The summed E-state index contributed by atoms with van der Waals surface area (Å²) in [5.41, 5.74) is 1.28. The lowest BCUT2D eigenvalue weighted by molar-refractivity contribution is -0.118. The van der Waals surface area contributed by atoms with Gasteiger partial charge in [-0.3, -0.25) is 4.79 Å². The van der Waals surface area contributed by atoms with Gasteiger partial charge in [-0.1, -0.05) is 0 Å². The highest BCUT2D eigenvalue weighted by molar-refractivity contribution is 5.93. The highest BCUT2D eigenvalue weighted by Crippen LogP contribution is 2.61. The van der Waals surface area contributed by atoms with Crippen molar-refractivity contribution in [2.45, 2.75) is 58.5 Å².